The molecule has 1 aromatic carbocycles. The van der Waals surface area contributed by atoms with Gasteiger partial charge in [0.2, 0.25) is 5.91 Å². The van der Waals surface area contributed by atoms with Gasteiger partial charge in [-0.1, -0.05) is 45.9 Å². The van der Waals surface area contributed by atoms with Crippen LogP contribution in [0.4, 0.5) is 5.82 Å². The first-order valence-corrected chi connectivity index (χ1v) is 9.50. The second-order valence-electron chi connectivity index (χ2n) is 7.75. The lowest BCUT2D eigenvalue weighted by atomic mass is 9.92. The molecule has 0 spiro atoms. The number of aromatic nitrogens is 2. The van der Waals surface area contributed by atoms with Crippen LogP contribution in [-0.2, 0) is 22.1 Å². The molecule has 0 saturated heterocycles. The number of amides is 2. The zero-order valence-electron chi connectivity index (χ0n) is 17.4. The summed E-state index contributed by atoms with van der Waals surface area (Å²) in [6.07, 6.45) is 0.754. The number of carbonyl (C=O) groups is 2. The zero-order chi connectivity index (χ0) is 20.7. The number of rotatable bonds is 8. The fourth-order valence-corrected chi connectivity index (χ4v) is 2.62. The number of para-hydroxylation sites is 1. The van der Waals surface area contributed by atoms with Crippen LogP contribution in [0.3, 0.4) is 0 Å². The maximum absolute atomic E-state index is 12.5. The number of carbonyl (C=O) groups excluding carboxylic acids is 2. The molecule has 0 aliphatic rings. The molecular weight excluding hydrogens is 356 g/mol. The van der Waals surface area contributed by atoms with Gasteiger partial charge in [-0.15, -0.1) is 0 Å². The first-order chi connectivity index (χ1) is 13.2. The van der Waals surface area contributed by atoms with Crippen molar-refractivity contribution in [1.82, 2.24) is 14.7 Å². The van der Waals surface area contributed by atoms with Crippen LogP contribution in [0, 0.1) is 0 Å². The second kappa shape index (κ2) is 9.39. The largest absolute Gasteiger partial charge is 0.484 e. The van der Waals surface area contributed by atoms with Gasteiger partial charge in [-0.25, -0.2) is 0 Å². The molecule has 1 aromatic heterocycles. The minimum Gasteiger partial charge on any atom is -0.484 e. The molecule has 0 fully saturated rings. The molecule has 1 N–H and O–H groups in total. The Labute approximate surface area is 166 Å². The predicted molar refractivity (Wildman–Crippen MR) is 109 cm³/mol. The monoisotopic (exact) mass is 386 g/mol. The Morgan fingerprint density at radius 1 is 1.21 bits per heavy atom. The third-order valence-electron chi connectivity index (χ3n) is 4.20. The molecule has 0 aliphatic carbocycles. The lowest BCUT2D eigenvalue weighted by Crippen LogP contribution is -2.41. The van der Waals surface area contributed by atoms with E-state index in [4.69, 9.17) is 4.74 Å². The summed E-state index contributed by atoms with van der Waals surface area (Å²) in [5, 5.41) is 7.30. The normalized spacial score (nSPS) is 11.2. The van der Waals surface area contributed by atoms with Crippen LogP contribution in [0.25, 0.3) is 0 Å². The number of benzene rings is 1. The summed E-state index contributed by atoms with van der Waals surface area (Å²) in [5.74, 6) is 0.756. The van der Waals surface area contributed by atoms with Gasteiger partial charge in [-0.3, -0.25) is 14.3 Å². The van der Waals surface area contributed by atoms with Gasteiger partial charge in [-0.2, -0.15) is 5.10 Å². The SMILES string of the molecule is CCCN(CC(=O)Nc1cc(C(C)(C)C)nn1C)C(=O)COc1ccccc1. The average Bonchev–Trinajstić information content (AvgIpc) is 3.01. The van der Waals surface area contributed by atoms with Crippen molar-refractivity contribution < 1.29 is 14.3 Å². The zero-order valence-corrected chi connectivity index (χ0v) is 17.4. The van der Waals surface area contributed by atoms with Crippen LogP contribution in [0.1, 0.15) is 39.8 Å². The van der Waals surface area contributed by atoms with Crippen LogP contribution in [-0.4, -0.2) is 46.2 Å². The Balaban J connectivity index is 1.96. The predicted octanol–water partition coefficient (Wildman–Crippen LogP) is 2.97. The van der Waals surface area contributed by atoms with Gasteiger partial charge in [0, 0.05) is 25.1 Å². The van der Waals surface area contributed by atoms with Crippen LogP contribution in [0.2, 0.25) is 0 Å². The topological polar surface area (TPSA) is 76.5 Å². The number of nitrogens with one attached hydrogen (secondary N) is 1. The van der Waals surface area contributed by atoms with Crippen molar-refractivity contribution in [3.63, 3.8) is 0 Å². The molecule has 0 radical (unpaired) electrons. The fraction of sp³-hybridized carbons (Fsp3) is 0.476. The minimum atomic E-state index is -0.259. The number of ether oxygens (including phenoxy) is 1. The average molecular weight is 386 g/mol. The van der Waals surface area contributed by atoms with Gasteiger partial charge < -0.3 is 15.0 Å². The van der Waals surface area contributed by atoms with Crippen molar-refractivity contribution in [2.24, 2.45) is 7.05 Å². The van der Waals surface area contributed by atoms with Crippen molar-refractivity contribution >= 4 is 17.6 Å². The van der Waals surface area contributed by atoms with Gasteiger partial charge in [0.05, 0.1) is 5.69 Å². The van der Waals surface area contributed by atoms with Crippen molar-refractivity contribution in [3.8, 4) is 5.75 Å². The Hall–Kier alpha value is -2.83. The lowest BCUT2D eigenvalue weighted by Gasteiger charge is -2.21. The van der Waals surface area contributed by atoms with E-state index in [-0.39, 0.29) is 30.4 Å². The van der Waals surface area contributed by atoms with E-state index >= 15 is 0 Å². The summed E-state index contributed by atoms with van der Waals surface area (Å²) in [5.41, 5.74) is 0.780. The molecule has 0 atom stereocenters. The highest BCUT2D eigenvalue weighted by molar-refractivity contribution is 5.94. The fourth-order valence-electron chi connectivity index (χ4n) is 2.62. The number of anilines is 1. The van der Waals surface area contributed by atoms with Gasteiger partial charge in [0.15, 0.2) is 6.61 Å². The number of hydrogen-bond donors (Lipinski definition) is 1. The van der Waals surface area contributed by atoms with E-state index in [1.165, 1.54) is 4.90 Å². The molecule has 0 unspecified atom stereocenters. The van der Waals surface area contributed by atoms with Crippen molar-refractivity contribution in [3.05, 3.63) is 42.1 Å². The smallest absolute Gasteiger partial charge is 0.260 e. The van der Waals surface area contributed by atoms with E-state index in [0.717, 1.165) is 12.1 Å². The van der Waals surface area contributed by atoms with Gasteiger partial charge in [0.25, 0.3) is 5.91 Å². The van der Waals surface area contributed by atoms with E-state index in [0.29, 0.717) is 18.1 Å². The van der Waals surface area contributed by atoms with Crippen LogP contribution in [0.5, 0.6) is 5.75 Å². The van der Waals surface area contributed by atoms with Crippen LogP contribution >= 0.6 is 0 Å². The Morgan fingerprint density at radius 2 is 1.89 bits per heavy atom. The molecule has 7 nitrogen and oxygen atoms in total. The van der Waals surface area contributed by atoms with E-state index in [1.807, 2.05) is 31.2 Å². The number of hydrogen-bond acceptors (Lipinski definition) is 4. The maximum atomic E-state index is 12.5. The molecule has 0 bridgehead atoms. The van der Waals surface area contributed by atoms with Crippen molar-refractivity contribution in [2.75, 3.05) is 25.0 Å². The Kier molecular flexibility index (Phi) is 7.20. The quantitative estimate of drug-likeness (QED) is 0.757. The van der Waals surface area contributed by atoms with E-state index in [2.05, 4.69) is 31.2 Å². The summed E-state index contributed by atoms with van der Waals surface area (Å²) >= 11 is 0. The lowest BCUT2D eigenvalue weighted by molar-refractivity contribution is -0.136. The molecule has 0 saturated carbocycles. The Morgan fingerprint density at radius 3 is 2.46 bits per heavy atom. The van der Waals surface area contributed by atoms with E-state index in [9.17, 15) is 9.59 Å². The van der Waals surface area contributed by atoms with Gasteiger partial charge >= 0.3 is 0 Å². The van der Waals surface area contributed by atoms with Gasteiger partial charge in [0.1, 0.15) is 18.1 Å². The number of nitrogens with zero attached hydrogens (tertiary/aromatic N) is 3. The molecule has 1 heterocycles. The van der Waals surface area contributed by atoms with Gasteiger partial charge in [-0.05, 0) is 18.6 Å². The highest BCUT2D eigenvalue weighted by atomic mass is 16.5. The minimum absolute atomic E-state index is 0.0269. The summed E-state index contributed by atoms with van der Waals surface area (Å²) in [6.45, 7) is 8.52. The first kappa shape index (κ1) is 21.5. The standard InChI is InChI=1S/C21H30N4O3/c1-6-12-25(20(27)15-28-16-10-8-7-9-11-16)14-19(26)22-18-13-17(21(2,3)4)23-24(18)5/h7-11,13H,6,12,14-15H2,1-5H3,(H,22,26). The molecule has 152 valence electrons. The van der Waals surface area contributed by atoms with E-state index in [1.54, 1.807) is 23.9 Å². The van der Waals surface area contributed by atoms with Crippen LogP contribution in [0.15, 0.2) is 36.4 Å². The third kappa shape index (κ3) is 6.11. The third-order valence-corrected chi connectivity index (χ3v) is 4.20. The summed E-state index contributed by atoms with van der Waals surface area (Å²) < 4.78 is 7.16. The number of aryl methyl sites for hydroxylation is 1. The molecule has 2 rings (SSSR count). The maximum Gasteiger partial charge on any atom is 0.260 e. The van der Waals surface area contributed by atoms with Crippen molar-refractivity contribution in [2.45, 2.75) is 39.5 Å². The highest BCUT2D eigenvalue weighted by Gasteiger charge is 2.21. The first-order valence-electron chi connectivity index (χ1n) is 9.50. The van der Waals surface area contributed by atoms with E-state index < -0.39 is 0 Å². The molecular formula is C21H30N4O3. The van der Waals surface area contributed by atoms with Crippen molar-refractivity contribution in [1.29, 1.82) is 0 Å². The molecule has 28 heavy (non-hydrogen) atoms. The Bertz CT molecular complexity index is 794. The molecule has 2 amide bonds. The van der Waals surface area contributed by atoms with Crippen LogP contribution < -0.4 is 10.1 Å². The summed E-state index contributed by atoms with van der Waals surface area (Å²) in [6, 6.07) is 11.0. The summed E-state index contributed by atoms with van der Waals surface area (Å²) in [7, 11) is 1.79. The summed E-state index contributed by atoms with van der Waals surface area (Å²) in [4.78, 5) is 26.5. The highest BCUT2D eigenvalue weighted by Crippen LogP contribution is 2.23. The molecule has 0 aliphatic heterocycles. The second-order valence-corrected chi connectivity index (χ2v) is 7.75. The molecule has 7 heteroatoms. The molecule has 2 aromatic rings.